The first-order valence-corrected chi connectivity index (χ1v) is 6.35. The third-order valence-corrected chi connectivity index (χ3v) is 2.70. The van der Waals surface area contributed by atoms with E-state index < -0.39 is 0 Å². The van der Waals surface area contributed by atoms with Crippen LogP contribution in [0.5, 0.6) is 0 Å². The zero-order chi connectivity index (χ0) is 12.7. The first-order chi connectivity index (χ1) is 8.19. The van der Waals surface area contributed by atoms with Crippen molar-refractivity contribution in [1.29, 1.82) is 0 Å². The van der Waals surface area contributed by atoms with Gasteiger partial charge in [0.15, 0.2) is 5.82 Å². The highest BCUT2D eigenvalue weighted by molar-refractivity contribution is 4.96. The van der Waals surface area contributed by atoms with Crippen LogP contribution in [0.1, 0.15) is 63.7 Å². The van der Waals surface area contributed by atoms with Gasteiger partial charge in [-0.3, -0.25) is 0 Å². The normalized spacial score (nSPS) is 14.8. The Morgan fingerprint density at radius 2 is 2.18 bits per heavy atom. The smallest absolute Gasteiger partial charge is 0.229 e. The molecule has 2 N–H and O–H groups in total. The molecule has 0 radical (unpaired) electrons. The van der Waals surface area contributed by atoms with Crippen LogP contribution in [0, 0.1) is 0 Å². The lowest BCUT2D eigenvalue weighted by Crippen LogP contribution is -2.18. The van der Waals surface area contributed by atoms with Crippen molar-refractivity contribution in [2.75, 3.05) is 13.2 Å². The Morgan fingerprint density at radius 3 is 2.82 bits per heavy atom. The van der Waals surface area contributed by atoms with E-state index >= 15 is 0 Å². The van der Waals surface area contributed by atoms with Gasteiger partial charge in [0.25, 0.3) is 0 Å². The van der Waals surface area contributed by atoms with Gasteiger partial charge in [-0.05, 0) is 13.3 Å². The summed E-state index contributed by atoms with van der Waals surface area (Å²) in [6.07, 6.45) is 3.41. The molecule has 1 rings (SSSR count). The number of ether oxygens (including phenoxy) is 1. The zero-order valence-electron chi connectivity index (χ0n) is 11.0. The lowest BCUT2D eigenvalue weighted by Gasteiger charge is -2.06. The van der Waals surface area contributed by atoms with E-state index in [4.69, 9.17) is 15.0 Å². The van der Waals surface area contributed by atoms with Gasteiger partial charge in [0.1, 0.15) is 0 Å². The summed E-state index contributed by atoms with van der Waals surface area (Å²) >= 11 is 0. The minimum absolute atomic E-state index is 0.300. The van der Waals surface area contributed by atoms with Gasteiger partial charge in [-0.15, -0.1) is 0 Å². The SMILES string of the molecule is CCCCC(C)c1nc(C(N)COCC)no1. The number of nitrogens with zero attached hydrogens (tertiary/aromatic N) is 2. The molecule has 0 amide bonds. The average Bonchev–Trinajstić information content (AvgIpc) is 2.82. The minimum atomic E-state index is -0.300. The first-order valence-electron chi connectivity index (χ1n) is 6.35. The molecular formula is C12H23N3O2. The Bertz CT molecular complexity index is 286. The van der Waals surface area contributed by atoms with Crippen LogP contribution in [0.3, 0.4) is 0 Å². The van der Waals surface area contributed by atoms with E-state index in [1.165, 1.54) is 12.8 Å². The van der Waals surface area contributed by atoms with E-state index in [9.17, 15) is 0 Å². The third kappa shape index (κ3) is 4.44. The predicted molar refractivity (Wildman–Crippen MR) is 65.7 cm³/mol. The molecule has 0 aliphatic rings. The highest BCUT2D eigenvalue weighted by atomic mass is 16.5. The summed E-state index contributed by atoms with van der Waals surface area (Å²) in [5, 5.41) is 3.91. The van der Waals surface area contributed by atoms with Crippen LogP contribution in [0.2, 0.25) is 0 Å². The fourth-order valence-corrected chi connectivity index (χ4v) is 1.55. The molecule has 1 aromatic heterocycles. The number of hydrogen-bond acceptors (Lipinski definition) is 5. The summed E-state index contributed by atoms with van der Waals surface area (Å²) in [5.41, 5.74) is 5.88. The van der Waals surface area contributed by atoms with E-state index in [-0.39, 0.29) is 6.04 Å². The first kappa shape index (κ1) is 14.1. The maximum Gasteiger partial charge on any atom is 0.229 e. The maximum atomic E-state index is 5.88. The van der Waals surface area contributed by atoms with Crippen LogP contribution in [0.25, 0.3) is 0 Å². The Labute approximate surface area is 103 Å². The average molecular weight is 241 g/mol. The van der Waals surface area contributed by atoms with E-state index in [0.29, 0.717) is 30.8 Å². The topological polar surface area (TPSA) is 74.2 Å². The Balaban J connectivity index is 2.51. The molecule has 0 spiro atoms. The monoisotopic (exact) mass is 241 g/mol. The van der Waals surface area contributed by atoms with E-state index in [1.807, 2.05) is 6.92 Å². The molecule has 2 unspecified atom stereocenters. The molecule has 0 bridgehead atoms. The van der Waals surface area contributed by atoms with Gasteiger partial charge in [0.2, 0.25) is 5.89 Å². The number of aromatic nitrogens is 2. The van der Waals surface area contributed by atoms with Crippen LogP contribution in [-0.4, -0.2) is 23.4 Å². The Hall–Kier alpha value is -0.940. The summed E-state index contributed by atoms with van der Waals surface area (Å²) in [7, 11) is 0. The number of unbranched alkanes of at least 4 members (excludes halogenated alkanes) is 1. The van der Waals surface area contributed by atoms with Crippen LogP contribution in [0.15, 0.2) is 4.52 Å². The molecule has 2 atom stereocenters. The minimum Gasteiger partial charge on any atom is -0.380 e. The summed E-state index contributed by atoms with van der Waals surface area (Å²) in [5.74, 6) is 1.52. The van der Waals surface area contributed by atoms with Gasteiger partial charge in [0.05, 0.1) is 12.6 Å². The molecule has 0 saturated carbocycles. The number of hydrogen-bond donors (Lipinski definition) is 1. The summed E-state index contributed by atoms with van der Waals surface area (Å²) < 4.78 is 10.5. The molecule has 0 saturated heterocycles. The van der Waals surface area contributed by atoms with E-state index in [0.717, 1.165) is 6.42 Å². The van der Waals surface area contributed by atoms with Gasteiger partial charge >= 0.3 is 0 Å². The molecule has 0 fully saturated rings. The van der Waals surface area contributed by atoms with Crippen LogP contribution in [0.4, 0.5) is 0 Å². The van der Waals surface area contributed by atoms with Crippen LogP contribution in [-0.2, 0) is 4.74 Å². The van der Waals surface area contributed by atoms with Gasteiger partial charge in [-0.2, -0.15) is 4.98 Å². The van der Waals surface area contributed by atoms with Crippen molar-refractivity contribution < 1.29 is 9.26 Å². The Morgan fingerprint density at radius 1 is 1.41 bits per heavy atom. The second kappa shape index (κ2) is 7.40. The van der Waals surface area contributed by atoms with Gasteiger partial charge in [-0.1, -0.05) is 31.8 Å². The van der Waals surface area contributed by atoms with Crippen molar-refractivity contribution in [2.45, 2.75) is 52.0 Å². The van der Waals surface area contributed by atoms with Crippen LogP contribution < -0.4 is 5.73 Å². The van der Waals surface area contributed by atoms with Crippen molar-refractivity contribution in [1.82, 2.24) is 10.1 Å². The summed E-state index contributed by atoms with van der Waals surface area (Å²) in [4.78, 5) is 4.33. The molecule has 17 heavy (non-hydrogen) atoms. The van der Waals surface area contributed by atoms with E-state index in [2.05, 4.69) is 24.0 Å². The zero-order valence-corrected chi connectivity index (χ0v) is 11.0. The quantitative estimate of drug-likeness (QED) is 0.756. The second-order valence-corrected chi connectivity index (χ2v) is 4.30. The highest BCUT2D eigenvalue weighted by Crippen LogP contribution is 2.20. The van der Waals surface area contributed by atoms with Gasteiger partial charge in [0, 0.05) is 12.5 Å². The van der Waals surface area contributed by atoms with Gasteiger partial charge < -0.3 is 15.0 Å². The van der Waals surface area contributed by atoms with Gasteiger partial charge in [-0.25, -0.2) is 0 Å². The lowest BCUT2D eigenvalue weighted by atomic mass is 10.0. The fraction of sp³-hybridized carbons (Fsp3) is 0.833. The second-order valence-electron chi connectivity index (χ2n) is 4.30. The summed E-state index contributed by atoms with van der Waals surface area (Å²) in [6.45, 7) is 7.27. The molecule has 0 aromatic carbocycles. The molecule has 5 heteroatoms. The highest BCUT2D eigenvalue weighted by Gasteiger charge is 2.17. The molecule has 1 aromatic rings. The number of nitrogens with two attached hydrogens (primary N) is 1. The summed E-state index contributed by atoms with van der Waals surface area (Å²) in [6, 6.07) is -0.300. The Kier molecular flexibility index (Phi) is 6.15. The predicted octanol–water partition coefficient (Wildman–Crippen LogP) is 2.40. The molecule has 0 aliphatic heterocycles. The maximum absolute atomic E-state index is 5.88. The molecule has 1 heterocycles. The largest absolute Gasteiger partial charge is 0.380 e. The van der Waals surface area contributed by atoms with Crippen molar-refractivity contribution >= 4 is 0 Å². The molecule has 0 aliphatic carbocycles. The number of rotatable bonds is 8. The van der Waals surface area contributed by atoms with Crippen molar-refractivity contribution in [3.63, 3.8) is 0 Å². The van der Waals surface area contributed by atoms with E-state index in [1.54, 1.807) is 0 Å². The fourth-order valence-electron chi connectivity index (χ4n) is 1.55. The van der Waals surface area contributed by atoms with Crippen molar-refractivity contribution in [3.8, 4) is 0 Å². The third-order valence-electron chi connectivity index (χ3n) is 2.70. The van der Waals surface area contributed by atoms with Crippen molar-refractivity contribution in [3.05, 3.63) is 11.7 Å². The molecular weight excluding hydrogens is 218 g/mol. The lowest BCUT2D eigenvalue weighted by molar-refractivity contribution is 0.130. The molecule has 5 nitrogen and oxygen atoms in total. The standard InChI is InChI=1S/C12H23N3O2/c1-4-6-7-9(3)12-14-11(15-17-12)10(13)8-16-5-2/h9-10H,4-8,13H2,1-3H3. The van der Waals surface area contributed by atoms with Crippen molar-refractivity contribution in [2.24, 2.45) is 5.73 Å². The molecule has 98 valence electrons. The van der Waals surface area contributed by atoms with Crippen LogP contribution >= 0.6 is 0 Å².